The summed E-state index contributed by atoms with van der Waals surface area (Å²) in [6, 6.07) is 2.68. The first-order valence-electron chi connectivity index (χ1n) is 10.5. The van der Waals surface area contributed by atoms with Gasteiger partial charge in [-0.3, -0.25) is 0 Å². The Kier molecular flexibility index (Phi) is 4.88. The van der Waals surface area contributed by atoms with Gasteiger partial charge < -0.3 is 20.2 Å². The van der Waals surface area contributed by atoms with Crippen LogP contribution in [0.2, 0.25) is 0 Å². The van der Waals surface area contributed by atoms with E-state index in [1.165, 1.54) is 29.6 Å². The van der Waals surface area contributed by atoms with Gasteiger partial charge in [0.2, 0.25) is 0 Å². The Bertz CT molecular complexity index is 1020. The number of halogens is 2. The van der Waals surface area contributed by atoms with Crippen molar-refractivity contribution in [2.24, 2.45) is 0 Å². The van der Waals surface area contributed by atoms with Crippen molar-refractivity contribution in [2.45, 2.75) is 50.5 Å². The van der Waals surface area contributed by atoms with Crippen LogP contribution in [-0.4, -0.2) is 63.2 Å². The molecule has 3 aliphatic heterocycles. The second-order valence-electron chi connectivity index (χ2n) is 8.21. The number of hydrogen-bond acceptors (Lipinski definition) is 8. The Morgan fingerprint density at radius 1 is 1.29 bits per heavy atom. The second kappa shape index (κ2) is 7.60. The van der Waals surface area contributed by atoms with E-state index in [2.05, 4.69) is 20.5 Å². The third-order valence-corrected chi connectivity index (χ3v) is 6.34. The van der Waals surface area contributed by atoms with E-state index >= 15 is 0 Å². The average Bonchev–Trinajstić information content (AvgIpc) is 3.19. The lowest BCUT2D eigenvalue weighted by atomic mass is 9.96. The molecule has 1 aromatic heterocycles. The van der Waals surface area contributed by atoms with E-state index in [0.29, 0.717) is 24.8 Å². The van der Waals surface area contributed by atoms with Gasteiger partial charge in [-0.25, -0.2) is 18.8 Å². The first kappa shape index (κ1) is 19.9. The van der Waals surface area contributed by atoms with Gasteiger partial charge in [-0.1, -0.05) is 0 Å². The van der Waals surface area contributed by atoms with Gasteiger partial charge in [0.25, 0.3) is 0 Å². The number of alkyl halides is 1. The number of piperidine rings is 1. The molecular formula is C21H24F2N6O2. The summed E-state index contributed by atoms with van der Waals surface area (Å²) in [5.74, 6) is 0.171. The summed E-state index contributed by atoms with van der Waals surface area (Å²) in [6.45, 7) is 2.27. The number of aromatic hydroxyl groups is 1. The zero-order valence-electron chi connectivity index (χ0n) is 17.3. The van der Waals surface area contributed by atoms with Gasteiger partial charge in [0.05, 0.1) is 36.1 Å². The summed E-state index contributed by atoms with van der Waals surface area (Å²) in [7, 11) is 1.79. The Labute approximate surface area is 178 Å². The van der Waals surface area contributed by atoms with Gasteiger partial charge >= 0.3 is 0 Å². The Morgan fingerprint density at radius 3 is 2.87 bits per heavy atom. The largest absolute Gasteiger partial charge is 0.507 e. The molecule has 8 nitrogen and oxygen atoms in total. The third-order valence-electron chi connectivity index (χ3n) is 6.34. The molecule has 2 aromatic rings. The minimum atomic E-state index is -0.993. The molecule has 4 heterocycles. The van der Waals surface area contributed by atoms with Crippen LogP contribution in [0.3, 0.4) is 0 Å². The van der Waals surface area contributed by atoms with Crippen LogP contribution in [0.5, 0.6) is 11.5 Å². The molecule has 164 valence electrons. The average molecular weight is 430 g/mol. The maximum Gasteiger partial charge on any atom is 0.185 e. The molecule has 0 aliphatic carbocycles. The maximum atomic E-state index is 14.9. The SMILES string of the molecule is CCN1C=C(F)c2cc(-c3ncc(N(C)[C@@H]4CC5CCC(N5)[C@@H]4F)nn3)c(O)cc2O1. The monoisotopic (exact) mass is 430 g/mol. The minimum absolute atomic E-state index is 0.118. The van der Waals surface area contributed by atoms with Crippen LogP contribution in [0.4, 0.5) is 14.6 Å². The van der Waals surface area contributed by atoms with E-state index in [0.717, 1.165) is 12.8 Å². The number of rotatable bonds is 4. The summed E-state index contributed by atoms with van der Waals surface area (Å²) in [6.07, 6.45) is 4.29. The van der Waals surface area contributed by atoms with Gasteiger partial charge in [0.1, 0.15) is 11.9 Å². The smallest absolute Gasteiger partial charge is 0.185 e. The van der Waals surface area contributed by atoms with Crippen molar-refractivity contribution in [3.63, 3.8) is 0 Å². The van der Waals surface area contributed by atoms with Gasteiger partial charge in [0.15, 0.2) is 23.2 Å². The normalized spacial score (nSPS) is 26.8. The standard InChI is InChI=1S/C21H24F2N6O2/c1-3-29-10-14(22)12-7-13(17(30)8-18(12)31-29)21-24-9-19(26-27-21)28(2)16-6-11-4-5-15(25-11)20(16)23/h7-11,15-16,20,25,30H,3-6H2,1-2H3/t11?,15?,16-,20+/m1/s1. The molecule has 2 N–H and O–H groups in total. The molecule has 0 amide bonds. The number of fused-ring (bicyclic) bond motifs is 3. The van der Waals surface area contributed by atoms with Gasteiger partial charge in [-0.15, -0.1) is 10.2 Å². The van der Waals surface area contributed by atoms with E-state index in [4.69, 9.17) is 4.84 Å². The van der Waals surface area contributed by atoms with Crippen molar-refractivity contribution in [3.05, 3.63) is 30.1 Å². The number of aromatic nitrogens is 3. The Balaban J connectivity index is 1.40. The molecule has 4 atom stereocenters. The fraction of sp³-hybridized carbons (Fsp3) is 0.476. The van der Waals surface area contributed by atoms with Crippen LogP contribution in [0.25, 0.3) is 17.2 Å². The summed E-state index contributed by atoms with van der Waals surface area (Å²) in [5, 5.41) is 23.4. The van der Waals surface area contributed by atoms with Gasteiger partial charge in [-0.2, -0.15) is 0 Å². The fourth-order valence-electron chi connectivity index (χ4n) is 4.59. The lowest BCUT2D eigenvalue weighted by Crippen LogP contribution is -2.55. The number of hydrogen-bond donors (Lipinski definition) is 2. The minimum Gasteiger partial charge on any atom is -0.507 e. The van der Waals surface area contributed by atoms with E-state index in [9.17, 15) is 13.9 Å². The highest BCUT2D eigenvalue weighted by Crippen LogP contribution is 2.40. The summed E-state index contributed by atoms with van der Waals surface area (Å²) < 4.78 is 29.3. The lowest BCUT2D eigenvalue weighted by molar-refractivity contribution is -0.00670. The third kappa shape index (κ3) is 3.44. The first-order chi connectivity index (χ1) is 14.9. The predicted molar refractivity (Wildman–Crippen MR) is 111 cm³/mol. The summed E-state index contributed by atoms with van der Waals surface area (Å²) >= 11 is 0. The molecule has 0 radical (unpaired) electrons. The van der Waals surface area contributed by atoms with Crippen molar-refractivity contribution in [1.82, 2.24) is 25.6 Å². The number of hydroxylamine groups is 2. The maximum absolute atomic E-state index is 14.9. The topological polar surface area (TPSA) is 86.6 Å². The Morgan fingerprint density at radius 2 is 2.13 bits per heavy atom. The van der Waals surface area contributed by atoms with Gasteiger partial charge in [-0.05, 0) is 32.3 Å². The highest BCUT2D eigenvalue weighted by molar-refractivity contribution is 5.76. The molecule has 5 rings (SSSR count). The molecule has 2 saturated heterocycles. The molecule has 2 unspecified atom stereocenters. The molecule has 10 heteroatoms. The van der Waals surface area contributed by atoms with Crippen molar-refractivity contribution in [1.29, 1.82) is 0 Å². The molecule has 2 fully saturated rings. The van der Waals surface area contributed by atoms with Crippen LogP contribution in [0.15, 0.2) is 24.5 Å². The highest BCUT2D eigenvalue weighted by atomic mass is 19.1. The number of nitrogens with zero attached hydrogens (tertiary/aromatic N) is 5. The molecule has 3 aliphatic rings. The molecule has 31 heavy (non-hydrogen) atoms. The fourth-order valence-corrected chi connectivity index (χ4v) is 4.59. The number of anilines is 1. The first-order valence-corrected chi connectivity index (χ1v) is 10.5. The van der Waals surface area contributed by atoms with Crippen molar-refractivity contribution < 1.29 is 18.7 Å². The number of benzene rings is 1. The predicted octanol–water partition coefficient (Wildman–Crippen LogP) is 2.81. The van der Waals surface area contributed by atoms with Crippen LogP contribution in [0, 0.1) is 0 Å². The van der Waals surface area contributed by atoms with Crippen LogP contribution in [-0.2, 0) is 0 Å². The molecular weight excluding hydrogens is 406 g/mol. The van der Waals surface area contributed by atoms with Crippen LogP contribution >= 0.6 is 0 Å². The molecule has 0 saturated carbocycles. The zero-order chi connectivity index (χ0) is 21.7. The molecule has 0 spiro atoms. The highest BCUT2D eigenvalue weighted by Gasteiger charge is 2.44. The quantitative estimate of drug-likeness (QED) is 0.766. The number of nitrogens with one attached hydrogen (secondary N) is 1. The lowest BCUT2D eigenvalue weighted by Gasteiger charge is -2.38. The number of phenols is 1. The van der Waals surface area contributed by atoms with Crippen LogP contribution in [0.1, 0.15) is 31.7 Å². The van der Waals surface area contributed by atoms with Crippen molar-refractivity contribution in [3.8, 4) is 22.9 Å². The van der Waals surface area contributed by atoms with Gasteiger partial charge in [0, 0.05) is 25.2 Å². The second-order valence-corrected chi connectivity index (χ2v) is 8.21. The summed E-state index contributed by atoms with van der Waals surface area (Å²) in [5.41, 5.74) is 0.438. The summed E-state index contributed by atoms with van der Waals surface area (Å²) in [4.78, 5) is 11.6. The van der Waals surface area contributed by atoms with E-state index in [1.54, 1.807) is 11.9 Å². The molecule has 2 bridgehead atoms. The van der Waals surface area contributed by atoms with Crippen molar-refractivity contribution in [2.75, 3.05) is 18.5 Å². The molecule has 1 aromatic carbocycles. The number of phenolic OH excluding ortho intramolecular Hbond substituents is 1. The van der Waals surface area contributed by atoms with E-state index < -0.39 is 12.0 Å². The van der Waals surface area contributed by atoms with E-state index in [-0.39, 0.29) is 40.5 Å². The van der Waals surface area contributed by atoms with Crippen molar-refractivity contribution >= 4 is 11.6 Å². The van der Waals surface area contributed by atoms with E-state index in [1.807, 2.05) is 6.92 Å². The zero-order valence-corrected chi connectivity index (χ0v) is 17.3. The Hall–Kier alpha value is -3.01. The van der Waals surface area contributed by atoms with Crippen LogP contribution < -0.4 is 15.1 Å².